The molecule has 0 spiro atoms. The molecule has 1 unspecified atom stereocenters. The van der Waals surface area contributed by atoms with Crippen LogP contribution < -0.4 is 4.90 Å². The first-order chi connectivity index (χ1) is 12.5. The van der Waals surface area contributed by atoms with Crippen LogP contribution in [0, 0.1) is 0 Å². The number of ketones is 1. The van der Waals surface area contributed by atoms with Crippen molar-refractivity contribution in [3.8, 4) is 0 Å². The lowest BCUT2D eigenvalue weighted by atomic mass is 10.1. The summed E-state index contributed by atoms with van der Waals surface area (Å²) in [5, 5.41) is 0. The van der Waals surface area contributed by atoms with E-state index in [-0.39, 0.29) is 11.1 Å². The van der Waals surface area contributed by atoms with Gasteiger partial charge in [0.05, 0.1) is 8.07 Å². The predicted molar refractivity (Wildman–Crippen MR) is 116 cm³/mol. The molecule has 2 rings (SSSR count). The van der Waals surface area contributed by atoms with Crippen molar-refractivity contribution in [3.05, 3.63) is 29.8 Å². The predicted octanol–water partition coefficient (Wildman–Crippen LogP) is 5.18. The third-order valence-electron chi connectivity index (χ3n) is 4.62. The van der Waals surface area contributed by atoms with Crippen molar-refractivity contribution < 1.29 is 14.3 Å². The molecule has 0 amide bonds. The number of hydrogen-bond acceptors (Lipinski definition) is 4. The minimum atomic E-state index is -1.51. The minimum Gasteiger partial charge on any atom is -0.462 e. The molecule has 4 nitrogen and oxygen atoms in total. The first-order valence-electron chi connectivity index (χ1n) is 9.92. The molecule has 1 saturated heterocycles. The van der Waals surface area contributed by atoms with Gasteiger partial charge in [-0.3, -0.25) is 9.59 Å². The van der Waals surface area contributed by atoms with Crippen molar-refractivity contribution in [3.63, 3.8) is 0 Å². The van der Waals surface area contributed by atoms with Gasteiger partial charge in [-0.25, -0.2) is 0 Å². The first-order valence-corrected chi connectivity index (χ1v) is 13.5. The summed E-state index contributed by atoms with van der Waals surface area (Å²) in [6, 6.07) is 8.76. The quantitative estimate of drug-likeness (QED) is 0.512. The number of hydrogen-bond donors (Lipinski definition) is 0. The molecule has 1 aliphatic heterocycles. The monoisotopic (exact) mass is 391 g/mol. The van der Waals surface area contributed by atoms with Crippen LogP contribution in [0.4, 0.5) is 5.69 Å². The molecule has 1 heterocycles. The molecule has 0 bridgehead atoms. The Morgan fingerprint density at radius 1 is 1.07 bits per heavy atom. The van der Waals surface area contributed by atoms with Crippen LogP contribution in [0.15, 0.2) is 24.3 Å². The minimum absolute atomic E-state index is 0.123. The van der Waals surface area contributed by atoms with E-state index in [1.165, 1.54) is 43.6 Å². The molecule has 1 aliphatic rings. The van der Waals surface area contributed by atoms with Crippen LogP contribution in [0.3, 0.4) is 0 Å². The number of benzene rings is 1. The lowest BCUT2D eigenvalue weighted by Gasteiger charge is -2.30. The molecule has 1 aromatic carbocycles. The van der Waals surface area contributed by atoms with Gasteiger partial charge in [0.1, 0.15) is 11.4 Å². The first kappa shape index (κ1) is 23.4. The smallest absolute Gasteiger partial charge is 0.293 e. The fraction of sp³-hybridized carbons (Fsp3) is 0.636. The number of carbonyl (C=O) groups is 2. The van der Waals surface area contributed by atoms with Crippen molar-refractivity contribution in [1.82, 2.24) is 0 Å². The number of ether oxygens (including phenoxy) is 1. The van der Waals surface area contributed by atoms with E-state index in [0.29, 0.717) is 12.3 Å². The third kappa shape index (κ3) is 8.29. The second-order valence-corrected chi connectivity index (χ2v) is 14.7. The van der Waals surface area contributed by atoms with E-state index in [1.807, 2.05) is 20.8 Å². The van der Waals surface area contributed by atoms with Gasteiger partial charge in [-0.2, -0.15) is 0 Å². The molecular formula is C22H37NO3Si. The fourth-order valence-corrected chi connectivity index (χ4v) is 5.93. The molecular weight excluding hydrogens is 354 g/mol. The summed E-state index contributed by atoms with van der Waals surface area (Å²) >= 11 is 0. The number of piperidine rings is 1. The lowest BCUT2D eigenvalue weighted by molar-refractivity contribution is -0.138. The normalized spacial score (nSPS) is 16.0. The van der Waals surface area contributed by atoms with Gasteiger partial charge in [0.25, 0.3) is 6.47 Å². The van der Waals surface area contributed by atoms with Crippen molar-refractivity contribution in [1.29, 1.82) is 0 Å². The van der Waals surface area contributed by atoms with E-state index >= 15 is 0 Å². The maximum atomic E-state index is 12.0. The van der Waals surface area contributed by atoms with Crippen LogP contribution in [-0.4, -0.2) is 39.0 Å². The molecule has 0 aliphatic carbocycles. The van der Waals surface area contributed by atoms with Crippen LogP contribution >= 0.6 is 0 Å². The van der Waals surface area contributed by atoms with Gasteiger partial charge in [-0.1, -0.05) is 31.8 Å². The zero-order chi connectivity index (χ0) is 20.7. The van der Waals surface area contributed by atoms with Crippen LogP contribution in [-0.2, 0) is 14.3 Å². The summed E-state index contributed by atoms with van der Waals surface area (Å²) in [5.74, 6) is 0.315. The Kier molecular flexibility index (Phi) is 8.73. The molecule has 152 valence electrons. The Morgan fingerprint density at radius 2 is 1.59 bits per heavy atom. The maximum absolute atomic E-state index is 12.0. The number of carbonyl (C=O) groups excluding carboxylic acids is 2. The van der Waals surface area contributed by atoms with Crippen molar-refractivity contribution >= 4 is 26.0 Å². The van der Waals surface area contributed by atoms with Crippen LogP contribution in [0.25, 0.3) is 0 Å². The summed E-state index contributed by atoms with van der Waals surface area (Å²) in [4.78, 5) is 24.1. The van der Waals surface area contributed by atoms with E-state index in [2.05, 4.69) is 53.5 Å². The summed E-state index contributed by atoms with van der Waals surface area (Å²) in [7, 11) is -1.51. The molecule has 0 N–H and O–H groups in total. The van der Waals surface area contributed by atoms with E-state index in [4.69, 9.17) is 0 Å². The lowest BCUT2D eigenvalue weighted by Crippen LogP contribution is -2.35. The second-order valence-electron chi connectivity index (χ2n) is 9.38. The van der Waals surface area contributed by atoms with E-state index < -0.39 is 8.07 Å². The number of nitrogens with zero attached hydrogens (tertiary/aromatic N) is 1. The average Bonchev–Trinajstić information content (AvgIpc) is 2.54. The Morgan fingerprint density at radius 3 is 1.93 bits per heavy atom. The van der Waals surface area contributed by atoms with Crippen molar-refractivity contribution in [2.24, 2.45) is 0 Å². The average molecular weight is 392 g/mol. The van der Waals surface area contributed by atoms with Gasteiger partial charge in [-0.15, -0.1) is 0 Å². The number of rotatable bonds is 5. The highest BCUT2D eigenvalue weighted by Gasteiger charge is 2.31. The van der Waals surface area contributed by atoms with Gasteiger partial charge in [0, 0.05) is 24.3 Å². The van der Waals surface area contributed by atoms with Crippen molar-refractivity contribution in [2.75, 3.05) is 18.0 Å². The molecule has 5 heteroatoms. The fourth-order valence-electron chi connectivity index (χ4n) is 3.52. The third-order valence-corrected chi connectivity index (χ3v) is 7.09. The van der Waals surface area contributed by atoms with Gasteiger partial charge >= 0.3 is 0 Å². The largest absolute Gasteiger partial charge is 0.462 e. The molecule has 1 fully saturated rings. The Hall–Kier alpha value is -1.62. The highest BCUT2D eigenvalue weighted by Crippen LogP contribution is 2.30. The van der Waals surface area contributed by atoms with E-state index in [1.54, 1.807) is 6.92 Å². The topological polar surface area (TPSA) is 46.6 Å². The Balaban J connectivity index is 0.000000445. The highest BCUT2D eigenvalue weighted by atomic mass is 28.3. The highest BCUT2D eigenvalue weighted by molar-refractivity contribution is 6.80. The van der Waals surface area contributed by atoms with E-state index in [9.17, 15) is 9.59 Å². The molecule has 27 heavy (non-hydrogen) atoms. The molecule has 1 aromatic rings. The Bertz CT molecular complexity index is 593. The summed E-state index contributed by atoms with van der Waals surface area (Å²) in [6.45, 7) is 16.8. The van der Waals surface area contributed by atoms with Crippen LogP contribution in [0.2, 0.25) is 19.6 Å². The zero-order valence-corrected chi connectivity index (χ0v) is 19.2. The van der Waals surface area contributed by atoms with Gasteiger partial charge in [-0.05, 0) is 64.7 Å². The molecule has 0 saturated carbocycles. The van der Waals surface area contributed by atoms with E-state index in [0.717, 1.165) is 0 Å². The maximum Gasteiger partial charge on any atom is 0.293 e. The van der Waals surface area contributed by atoms with Crippen LogP contribution in [0.5, 0.6) is 0 Å². The summed E-state index contributed by atoms with van der Waals surface area (Å²) in [6.07, 6.45) is 3.95. The van der Waals surface area contributed by atoms with Crippen molar-refractivity contribution in [2.45, 2.75) is 77.7 Å². The van der Waals surface area contributed by atoms with Gasteiger partial charge in [0.15, 0.2) is 0 Å². The van der Waals surface area contributed by atoms with Crippen LogP contribution in [0.1, 0.15) is 58.1 Å². The number of Topliss-reactive ketones (excluding diaryl/α,β-unsaturated/α-hetero) is 1. The Labute approximate surface area is 166 Å². The van der Waals surface area contributed by atoms with Gasteiger partial charge in [0.2, 0.25) is 0 Å². The standard InChI is InChI=1S/C17H27NOSi.C5H10O2/c1-14(19)17(20(2,3)4)15-8-10-16(11-9-15)18-12-6-5-7-13-18;1-5(2,3)7-4-6/h8-11,17H,5-7,12-13H2,1-4H3;4H,1-3H3. The second kappa shape index (κ2) is 10.1. The zero-order valence-electron chi connectivity index (χ0n) is 18.2. The summed E-state index contributed by atoms with van der Waals surface area (Å²) < 4.78 is 4.55. The number of anilines is 1. The van der Waals surface area contributed by atoms with Gasteiger partial charge < -0.3 is 9.64 Å². The SMILES string of the molecule is CC(=O)C(c1ccc(N2CCCCC2)cc1)[Si](C)(C)C.CC(C)(C)OC=O. The molecule has 1 atom stereocenters. The summed E-state index contributed by atoms with van der Waals surface area (Å²) in [5.41, 5.74) is 2.32. The molecule has 0 aromatic heterocycles. The molecule has 0 radical (unpaired) electrons.